The van der Waals surface area contributed by atoms with Crippen LogP contribution in [0.3, 0.4) is 0 Å². The predicted octanol–water partition coefficient (Wildman–Crippen LogP) is 4.30. The van der Waals surface area contributed by atoms with E-state index in [2.05, 4.69) is 4.98 Å². The number of hydrogen-bond acceptors (Lipinski definition) is 6. The molecule has 0 atom stereocenters. The van der Waals surface area contributed by atoms with E-state index in [4.69, 9.17) is 4.74 Å². The molecule has 194 valence electrons. The zero-order valence-electron chi connectivity index (χ0n) is 20.3. The fourth-order valence-corrected chi connectivity index (χ4v) is 5.85. The molecule has 1 aliphatic heterocycles. The summed E-state index contributed by atoms with van der Waals surface area (Å²) in [7, 11) is -3.66. The van der Waals surface area contributed by atoms with E-state index in [-0.39, 0.29) is 22.3 Å². The highest BCUT2D eigenvalue weighted by atomic mass is 32.2. The lowest BCUT2D eigenvalue weighted by molar-refractivity contribution is 0.0633. The van der Waals surface area contributed by atoms with Gasteiger partial charge in [-0.2, -0.15) is 0 Å². The first-order chi connectivity index (χ1) is 18.3. The molecule has 0 saturated carbocycles. The zero-order valence-corrected chi connectivity index (χ0v) is 21.1. The van der Waals surface area contributed by atoms with E-state index in [1.54, 1.807) is 53.6 Å². The molecular formula is C28H24FN3O5S. The average molecular weight is 534 g/mol. The predicted molar refractivity (Wildman–Crippen MR) is 139 cm³/mol. The second kappa shape index (κ2) is 10.6. The van der Waals surface area contributed by atoms with E-state index in [0.717, 1.165) is 5.39 Å². The van der Waals surface area contributed by atoms with Crippen LogP contribution in [0.5, 0.6) is 5.75 Å². The molecule has 1 saturated heterocycles. The Morgan fingerprint density at radius 3 is 2.21 bits per heavy atom. The summed E-state index contributed by atoms with van der Waals surface area (Å²) in [6.45, 7) is 1.23. The van der Waals surface area contributed by atoms with Crippen molar-refractivity contribution >= 4 is 32.7 Å². The Bertz CT molecular complexity index is 1580. The van der Waals surface area contributed by atoms with E-state index in [1.807, 2.05) is 12.1 Å². The highest BCUT2D eigenvalue weighted by Crippen LogP contribution is 2.24. The normalized spacial score (nSPS) is 13.9. The molecule has 0 unspecified atom stereocenters. The van der Waals surface area contributed by atoms with Crippen LogP contribution in [0.2, 0.25) is 0 Å². The topological polar surface area (TPSA) is 96.9 Å². The Hall–Kier alpha value is -4.31. The molecule has 0 spiro atoms. The van der Waals surface area contributed by atoms with Crippen LogP contribution in [-0.4, -0.2) is 61.4 Å². The first-order valence-electron chi connectivity index (χ1n) is 12.0. The van der Waals surface area contributed by atoms with Crippen LogP contribution >= 0.6 is 0 Å². The highest BCUT2D eigenvalue weighted by Gasteiger charge is 2.26. The highest BCUT2D eigenvalue weighted by molar-refractivity contribution is 7.90. The Morgan fingerprint density at radius 1 is 0.842 bits per heavy atom. The lowest BCUT2D eigenvalue weighted by Gasteiger charge is -2.34. The minimum Gasteiger partial charge on any atom is -0.410 e. The number of sulfone groups is 1. The van der Waals surface area contributed by atoms with E-state index in [0.29, 0.717) is 42.8 Å². The van der Waals surface area contributed by atoms with Crippen LogP contribution in [0.25, 0.3) is 10.9 Å². The van der Waals surface area contributed by atoms with Gasteiger partial charge in [0, 0.05) is 43.3 Å². The SMILES string of the molecule is O=C(Oc1ccc(F)cc1)N1CCN(C(=O)c2ccc(CS(=O)(=O)c3cccc4cccnc34)cc2)CC1. The summed E-state index contributed by atoms with van der Waals surface area (Å²) in [5, 5.41) is 0.748. The number of para-hydroxylation sites is 1. The number of carbonyl (C=O) groups excluding carboxylic acids is 2. The Balaban J connectivity index is 1.19. The number of carbonyl (C=O) groups is 2. The lowest BCUT2D eigenvalue weighted by atomic mass is 10.1. The minimum absolute atomic E-state index is 0.173. The van der Waals surface area contributed by atoms with Gasteiger partial charge in [-0.25, -0.2) is 17.6 Å². The van der Waals surface area contributed by atoms with Crippen molar-refractivity contribution in [3.8, 4) is 5.75 Å². The maximum atomic E-state index is 13.1. The fourth-order valence-electron chi connectivity index (χ4n) is 4.31. The Kier molecular flexibility index (Phi) is 7.06. The van der Waals surface area contributed by atoms with Crippen LogP contribution in [0.1, 0.15) is 15.9 Å². The van der Waals surface area contributed by atoms with Gasteiger partial charge >= 0.3 is 6.09 Å². The van der Waals surface area contributed by atoms with Gasteiger partial charge in [0.1, 0.15) is 11.6 Å². The molecule has 0 N–H and O–H groups in total. The maximum absolute atomic E-state index is 13.1. The smallest absolute Gasteiger partial charge is 0.410 e. The number of amides is 2. The molecule has 1 aliphatic rings. The summed E-state index contributed by atoms with van der Waals surface area (Å²) < 4.78 is 44.5. The Morgan fingerprint density at radius 2 is 1.50 bits per heavy atom. The molecular weight excluding hydrogens is 509 g/mol. The molecule has 2 heterocycles. The van der Waals surface area contributed by atoms with E-state index < -0.39 is 21.7 Å². The van der Waals surface area contributed by atoms with Gasteiger partial charge in [0.05, 0.1) is 16.2 Å². The third-order valence-electron chi connectivity index (χ3n) is 6.33. The number of ether oxygens (including phenoxy) is 1. The van der Waals surface area contributed by atoms with Gasteiger partial charge in [-0.05, 0) is 54.1 Å². The number of fused-ring (bicyclic) bond motifs is 1. The monoisotopic (exact) mass is 533 g/mol. The Labute approximate surface area is 219 Å². The molecule has 0 radical (unpaired) electrons. The number of aromatic nitrogens is 1. The van der Waals surface area contributed by atoms with Gasteiger partial charge in [-0.3, -0.25) is 9.78 Å². The third kappa shape index (κ3) is 5.50. The van der Waals surface area contributed by atoms with Crippen LogP contribution in [0.15, 0.2) is 90.0 Å². The van der Waals surface area contributed by atoms with Crippen molar-refractivity contribution in [3.05, 3.63) is 102 Å². The van der Waals surface area contributed by atoms with Gasteiger partial charge in [0.15, 0.2) is 9.84 Å². The molecule has 1 fully saturated rings. The van der Waals surface area contributed by atoms with E-state index in [1.165, 1.54) is 29.2 Å². The first-order valence-corrected chi connectivity index (χ1v) is 13.6. The van der Waals surface area contributed by atoms with Gasteiger partial charge in [0.2, 0.25) is 0 Å². The molecule has 5 rings (SSSR count). The number of nitrogens with zero attached hydrogens (tertiary/aromatic N) is 3. The molecule has 4 aromatic rings. The van der Waals surface area contributed by atoms with E-state index in [9.17, 15) is 22.4 Å². The second-order valence-electron chi connectivity index (χ2n) is 8.89. The van der Waals surface area contributed by atoms with Crippen LogP contribution < -0.4 is 4.74 Å². The van der Waals surface area contributed by atoms with Crippen molar-refractivity contribution < 1.29 is 27.1 Å². The zero-order chi connectivity index (χ0) is 26.7. The van der Waals surface area contributed by atoms with Gasteiger partial charge in [-0.1, -0.05) is 30.3 Å². The fraction of sp³-hybridized carbons (Fsp3) is 0.179. The molecule has 0 aliphatic carbocycles. The van der Waals surface area contributed by atoms with Gasteiger partial charge < -0.3 is 14.5 Å². The molecule has 1 aromatic heterocycles. The van der Waals surface area contributed by atoms with Crippen LogP contribution in [-0.2, 0) is 15.6 Å². The standard InChI is InChI=1S/C28H24FN3O5S/c29-23-10-12-24(13-11-23)37-28(34)32-17-15-31(16-18-32)27(33)22-8-6-20(7-9-22)19-38(35,36)25-5-1-3-21-4-2-14-30-26(21)25/h1-14H,15-19H2. The minimum atomic E-state index is -3.66. The summed E-state index contributed by atoms with van der Waals surface area (Å²) in [4.78, 5) is 32.9. The summed E-state index contributed by atoms with van der Waals surface area (Å²) in [5.41, 5.74) is 1.42. The number of rotatable bonds is 5. The maximum Gasteiger partial charge on any atom is 0.415 e. The van der Waals surface area contributed by atoms with Gasteiger partial charge in [-0.15, -0.1) is 0 Å². The molecule has 2 amide bonds. The van der Waals surface area contributed by atoms with Crippen molar-refractivity contribution in [3.63, 3.8) is 0 Å². The molecule has 0 bridgehead atoms. The average Bonchev–Trinajstić information content (AvgIpc) is 2.94. The lowest BCUT2D eigenvalue weighted by Crippen LogP contribution is -2.51. The van der Waals surface area contributed by atoms with E-state index >= 15 is 0 Å². The van der Waals surface area contributed by atoms with Crippen molar-refractivity contribution in [1.82, 2.24) is 14.8 Å². The largest absolute Gasteiger partial charge is 0.415 e. The second-order valence-corrected chi connectivity index (χ2v) is 10.8. The van der Waals surface area contributed by atoms with Crippen molar-refractivity contribution in [2.45, 2.75) is 10.6 Å². The number of halogens is 1. The number of pyridine rings is 1. The van der Waals surface area contributed by atoms with Crippen LogP contribution in [0.4, 0.5) is 9.18 Å². The molecule has 3 aromatic carbocycles. The quantitative estimate of drug-likeness (QED) is 0.380. The first kappa shape index (κ1) is 25.3. The summed E-state index contributed by atoms with van der Waals surface area (Å²) in [5.74, 6) is -0.599. The van der Waals surface area contributed by atoms with Crippen molar-refractivity contribution in [2.75, 3.05) is 26.2 Å². The number of benzene rings is 3. The number of piperazine rings is 1. The molecule has 8 nitrogen and oxygen atoms in total. The summed E-state index contributed by atoms with van der Waals surface area (Å²) in [6, 6.07) is 20.3. The third-order valence-corrected chi connectivity index (χ3v) is 8.05. The summed E-state index contributed by atoms with van der Waals surface area (Å²) in [6.07, 6.45) is 1.01. The van der Waals surface area contributed by atoms with Crippen LogP contribution in [0, 0.1) is 5.82 Å². The van der Waals surface area contributed by atoms with Gasteiger partial charge in [0.25, 0.3) is 5.91 Å². The molecule has 10 heteroatoms. The summed E-state index contributed by atoms with van der Waals surface area (Å²) >= 11 is 0. The molecule has 38 heavy (non-hydrogen) atoms. The number of hydrogen-bond donors (Lipinski definition) is 0. The van der Waals surface area contributed by atoms with Crippen molar-refractivity contribution in [1.29, 1.82) is 0 Å². The van der Waals surface area contributed by atoms with Crippen molar-refractivity contribution in [2.24, 2.45) is 0 Å².